The molecule has 2 rings (SSSR count). The number of nitrogens with one attached hydrogen (secondary N) is 2. The minimum atomic E-state index is -1.13. The number of ether oxygens (including phenoxy) is 1. The van der Waals surface area contributed by atoms with Gasteiger partial charge in [0.25, 0.3) is 5.91 Å². The molecule has 1 aromatic carbocycles. The Morgan fingerprint density at radius 1 is 1.21 bits per heavy atom. The van der Waals surface area contributed by atoms with Gasteiger partial charge in [-0.3, -0.25) is 19.2 Å². The molecule has 1 aliphatic rings. The van der Waals surface area contributed by atoms with E-state index in [0.29, 0.717) is 11.4 Å². The minimum absolute atomic E-state index is 0.123. The maximum Gasteiger partial charge on any atom is 0.552 e. The second-order valence-electron chi connectivity index (χ2n) is 9.33. The lowest BCUT2D eigenvalue weighted by molar-refractivity contribution is -0.158. The average Bonchev–Trinajstić information content (AvgIpc) is 3.06. The van der Waals surface area contributed by atoms with Crippen LogP contribution >= 0.6 is 23.2 Å². The molecule has 0 aromatic heterocycles. The van der Waals surface area contributed by atoms with Crippen LogP contribution in [0.5, 0.6) is 0 Å². The first-order chi connectivity index (χ1) is 15.7. The molecule has 0 aliphatic carbocycles. The van der Waals surface area contributed by atoms with Gasteiger partial charge in [0.15, 0.2) is 6.10 Å². The van der Waals surface area contributed by atoms with Gasteiger partial charge in [-0.05, 0) is 51.3 Å². The highest BCUT2D eigenvalue weighted by Crippen LogP contribution is 2.22. The van der Waals surface area contributed by atoms with Crippen molar-refractivity contribution in [2.45, 2.75) is 65.1 Å². The molecule has 12 heteroatoms. The van der Waals surface area contributed by atoms with Crippen LogP contribution in [0.4, 0.5) is 0 Å². The van der Waals surface area contributed by atoms with E-state index in [2.05, 4.69) is 10.6 Å². The summed E-state index contributed by atoms with van der Waals surface area (Å²) in [6.45, 7) is 8.66. The van der Waals surface area contributed by atoms with Crippen LogP contribution in [-0.4, -0.2) is 55.1 Å². The van der Waals surface area contributed by atoms with Gasteiger partial charge in [0, 0.05) is 5.02 Å². The zero-order chi connectivity index (χ0) is 25.6. The maximum absolute atomic E-state index is 12.5. The summed E-state index contributed by atoms with van der Waals surface area (Å²) in [7, 11) is -1.08. The Balaban J connectivity index is 1.96. The fourth-order valence-corrected chi connectivity index (χ4v) is 3.59. The first-order valence-corrected chi connectivity index (χ1v) is 11.6. The monoisotopic (exact) mass is 514 g/mol. The van der Waals surface area contributed by atoms with Crippen molar-refractivity contribution in [3.8, 4) is 0 Å². The van der Waals surface area contributed by atoms with Gasteiger partial charge < -0.3 is 24.7 Å². The van der Waals surface area contributed by atoms with Crippen molar-refractivity contribution < 1.29 is 33.2 Å². The molecule has 1 heterocycles. The van der Waals surface area contributed by atoms with E-state index in [9.17, 15) is 19.2 Å². The summed E-state index contributed by atoms with van der Waals surface area (Å²) in [5, 5.41) is 5.73. The van der Waals surface area contributed by atoms with Crippen molar-refractivity contribution in [3.05, 3.63) is 33.8 Å². The van der Waals surface area contributed by atoms with E-state index in [4.69, 9.17) is 37.2 Å². The van der Waals surface area contributed by atoms with Gasteiger partial charge >= 0.3 is 19.1 Å². The van der Waals surface area contributed by atoms with Crippen LogP contribution in [0.1, 0.15) is 57.8 Å². The largest absolute Gasteiger partial charge is 0.552 e. The molecule has 1 aromatic rings. The van der Waals surface area contributed by atoms with E-state index in [-0.39, 0.29) is 29.5 Å². The third-order valence-electron chi connectivity index (χ3n) is 4.55. The molecule has 2 amide bonds. The molecular formula is C22H29BCl2N2O7. The molecule has 1 unspecified atom stereocenters. The SMILES string of the molecule is CC(C)C[C@H](NC(=O)CNC(=O)c1cc(Cl)ccc1Cl)B1OC(=O)C(CC(=O)OC(C)(C)C)O1. The molecule has 0 saturated carbocycles. The number of carbonyl (C=O) groups is 4. The van der Waals surface area contributed by atoms with Gasteiger partial charge in [-0.15, -0.1) is 0 Å². The summed E-state index contributed by atoms with van der Waals surface area (Å²) in [4.78, 5) is 49.2. The molecule has 2 N–H and O–H groups in total. The lowest BCUT2D eigenvalue weighted by Crippen LogP contribution is -2.50. The van der Waals surface area contributed by atoms with Crippen molar-refractivity contribution in [1.82, 2.24) is 10.6 Å². The Hall–Kier alpha value is -2.30. The Morgan fingerprint density at radius 2 is 1.88 bits per heavy atom. The highest BCUT2D eigenvalue weighted by Gasteiger charge is 2.47. The van der Waals surface area contributed by atoms with Gasteiger partial charge in [0.05, 0.1) is 29.5 Å². The van der Waals surface area contributed by atoms with Crippen molar-refractivity contribution in [2.24, 2.45) is 5.92 Å². The van der Waals surface area contributed by atoms with E-state index in [1.807, 2.05) is 13.8 Å². The molecule has 9 nitrogen and oxygen atoms in total. The number of halogens is 2. The number of hydrogen-bond acceptors (Lipinski definition) is 7. The van der Waals surface area contributed by atoms with Gasteiger partial charge in [-0.2, -0.15) is 0 Å². The Labute approximate surface area is 209 Å². The quantitative estimate of drug-likeness (QED) is 0.384. The Morgan fingerprint density at radius 3 is 2.50 bits per heavy atom. The number of hydrogen-bond donors (Lipinski definition) is 2. The zero-order valence-electron chi connectivity index (χ0n) is 19.8. The second-order valence-corrected chi connectivity index (χ2v) is 10.2. The number of carbonyl (C=O) groups excluding carboxylic acids is 4. The molecule has 1 saturated heterocycles. The van der Waals surface area contributed by atoms with Crippen LogP contribution in [0.2, 0.25) is 10.0 Å². The van der Waals surface area contributed by atoms with Crippen molar-refractivity contribution in [2.75, 3.05) is 6.54 Å². The third kappa shape index (κ3) is 8.81. The topological polar surface area (TPSA) is 120 Å². The normalized spacial score (nSPS) is 16.8. The number of benzene rings is 1. The second kappa shape index (κ2) is 11.9. The minimum Gasteiger partial charge on any atom is -0.506 e. The fraction of sp³-hybridized carbons (Fsp3) is 0.545. The number of esters is 1. The Kier molecular flexibility index (Phi) is 9.79. The van der Waals surface area contributed by atoms with Crippen LogP contribution < -0.4 is 10.6 Å². The molecule has 34 heavy (non-hydrogen) atoms. The first-order valence-electron chi connectivity index (χ1n) is 10.9. The van der Waals surface area contributed by atoms with Crippen LogP contribution in [-0.2, 0) is 28.4 Å². The lowest BCUT2D eigenvalue weighted by atomic mass is 9.74. The molecule has 0 bridgehead atoms. The molecule has 186 valence electrons. The highest BCUT2D eigenvalue weighted by atomic mass is 35.5. The van der Waals surface area contributed by atoms with Crippen LogP contribution in [0.15, 0.2) is 18.2 Å². The smallest absolute Gasteiger partial charge is 0.506 e. The number of rotatable bonds is 9. The van der Waals surface area contributed by atoms with Crippen LogP contribution in [0.25, 0.3) is 0 Å². The maximum atomic E-state index is 12.5. The summed E-state index contributed by atoms with van der Waals surface area (Å²) in [6, 6.07) is 4.43. The van der Waals surface area contributed by atoms with Crippen molar-refractivity contribution >= 4 is 54.1 Å². The third-order valence-corrected chi connectivity index (χ3v) is 5.11. The molecule has 1 aliphatic heterocycles. The fourth-order valence-electron chi connectivity index (χ4n) is 3.21. The molecule has 1 fully saturated rings. The number of amides is 2. The van der Waals surface area contributed by atoms with Gasteiger partial charge in [-0.25, -0.2) is 0 Å². The predicted molar refractivity (Wildman–Crippen MR) is 127 cm³/mol. The van der Waals surface area contributed by atoms with Crippen molar-refractivity contribution in [1.29, 1.82) is 0 Å². The van der Waals surface area contributed by atoms with Crippen LogP contribution in [0, 0.1) is 5.92 Å². The van der Waals surface area contributed by atoms with Gasteiger partial charge in [-0.1, -0.05) is 37.0 Å². The lowest BCUT2D eigenvalue weighted by Gasteiger charge is -2.22. The van der Waals surface area contributed by atoms with E-state index in [1.54, 1.807) is 26.8 Å². The Bertz CT molecular complexity index is 936. The van der Waals surface area contributed by atoms with Crippen molar-refractivity contribution in [3.63, 3.8) is 0 Å². The predicted octanol–water partition coefficient (Wildman–Crippen LogP) is 2.96. The molecular weight excluding hydrogens is 486 g/mol. The summed E-state index contributed by atoms with van der Waals surface area (Å²) in [5.74, 6) is -2.95. The molecule has 0 radical (unpaired) electrons. The van der Waals surface area contributed by atoms with E-state index >= 15 is 0 Å². The van der Waals surface area contributed by atoms with Gasteiger partial charge in [0.2, 0.25) is 5.91 Å². The summed E-state index contributed by atoms with van der Waals surface area (Å²) in [6.07, 6.45) is -1.00. The van der Waals surface area contributed by atoms with Crippen LogP contribution in [0.3, 0.4) is 0 Å². The molecule has 0 spiro atoms. The van der Waals surface area contributed by atoms with Gasteiger partial charge in [0.1, 0.15) is 5.60 Å². The van der Waals surface area contributed by atoms with E-state index in [1.165, 1.54) is 12.1 Å². The zero-order valence-corrected chi connectivity index (χ0v) is 21.3. The van der Waals surface area contributed by atoms with E-state index < -0.39 is 48.5 Å². The summed E-state index contributed by atoms with van der Waals surface area (Å²) >= 11 is 11.9. The standard InChI is InChI=1S/C22H29BCl2N2O7/c1-12(2)8-17(23-33-16(21(31)34-23)10-19(29)32-22(3,4)5)27-18(28)11-26-20(30)14-9-13(24)6-7-15(14)25/h6-7,9,12,16-17H,8,10-11H2,1-5H3,(H,26,30)(H,27,28)/t16?,17-/m0/s1. The van der Waals surface area contributed by atoms with E-state index in [0.717, 1.165) is 0 Å². The average molecular weight is 515 g/mol. The highest BCUT2D eigenvalue weighted by molar-refractivity contribution is 6.51. The molecule has 2 atom stereocenters. The summed E-state index contributed by atoms with van der Waals surface area (Å²) < 4.78 is 16.2. The summed E-state index contributed by atoms with van der Waals surface area (Å²) in [5.41, 5.74) is -0.564. The first kappa shape index (κ1) is 27.9.